The molecule has 3 rings (SSSR count). The van der Waals surface area contributed by atoms with E-state index in [1.165, 1.54) is 11.3 Å². The molecule has 6 nitrogen and oxygen atoms in total. The van der Waals surface area contributed by atoms with Crippen molar-refractivity contribution < 1.29 is 9.47 Å². The van der Waals surface area contributed by atoms with Crippen molar-refractivity contribution in [2.75, 3.05) is 52.3 Å². The molecule has 2 aromatic carbocycles. The van der Waals surface area contributed by atoms with E-state index in [9.17, 15) is 0 Å². The van der Waals surface area contributed by atoms with E-state index < -0.39 is 0 Å². The van der Waals surface area contributed by atoms with Crippen molar-refractivity contribution in [1.82, 2.24) is 10.2 Å². The van der Waals surface area contributed by atoms with Crippen molar-refractivity contribution >= 4 is 35.6 Å². The molecule has 1 fully saturated rings. The van der Waals surface area contributed by atoms with Gasteiger partial charge in [-0.05, 0) is 29.8 Å². The second-order valence-corrected chi connectivity index (χ2v) is 6.42. The standard InChI is InChI=1S/C21H28N4O2.HI/c1-22-21(23-16-17-7-9-19(26-2)10-8-17)25-13-11-24(12-14-25)18-5-4-6-20(15-18)27-3;/h4-10,15H,11-14,16H2,1-3H3,(H,22,23);1H. The second-order valence-electron chi connectivity index (χ2n) is 6.42. The fourth-order valence-electron chi connectivity index (χ4n) is 3.24. The first-order chi connectivity index (χ1) is 13.2. The number of benzene rings is 2. The molecular formula is C21H29IN4O2. The first-order valence-corrected chi connectivity index (χ1v) is 9.21. The summed E-state index contributed by atoms with van der Waals surface area (Å²) in [5.41, 5.74) is 2.40. The molecule has 0 spiro atoms. The number of anilines is 1. The van der Waals surface area contributed by atoms with Crippen molar-refractivity contribution in [2.45, 2.75) is 6.54 Å². The smallest absolute Gasteiger partial charge is 0.194 e. The summed E-state index contributed by atoms with van der Waals surface area (Å²) in [5.74, 6) is 2.71. The van der Waals surface area contributed by atoms with Crippen molar-refractivity contribution in [3.63, 3.8) is 0 Å². The molecule has 1 aliphatic rings. The Bertz CT molecular complexity index is 759. The average molecular weight is 496 g/mol. The van der Waals surface area contributed by atoms with E-state index in [2.05, 4.69) is 44.4 Å². The summed E-state index contributed by atoms with van der Waals surface area (Å²) >= 11 is 0. The van der Waals surface area contributed by atoms with Gasteiger partial charge in [-0.3, -0.25) is 4.99 Å². The summed E-state index contributed by atoms with van der Waals surface area (Å²) in [5, 5.41) is 3.46. The lowest BCUT2D eigenvalue weighted by molar-refractivity contribution is 0.372. The van der Waals surface area contributed by atoms with Gasteiger partial charge in [0.2, 0.25) is 0 Å². The van der Waals surface area contributed by atoms with E-state index in [1.54, 1.807) is 14.2 Å². The van der Waals surface area contributed by atoms with Crippen molar-refractivity contribution in [3.05, 3.63) is 54.1 Å². The monoisotopic (exact) mass is 496 g/mol. The summed E-state index contributed by atoms with van der Waals surface area (Å²) in [7, 11) is 5.22. The first-order valence-electron chi connectivity index (χ1n) is 9.21. The van der Waals surface area contributed by atoms with Crippen LogP contribution in [0, 0.1) is 0 Å². The number of guanidine groups is 1. The molecule has 28 heavy (non-hydrogen) atoms. The summed E-state index contributed by atoms with van der Waals surface area (Å²) < 4.78 is 10.5. The minimum atomic E-state index is 0. The predicted octanol–water partition coefficient (Wildman–Crippen LogP) is 3.22. The zero-order chi connectivity index (χ0) is 19.1. The van der Waals surface area contributed by atoms with Crippen molar-refractivity contribution in [1.29, 1.82) is 0 Å². The molecule has 1 saturated heterocycles. The van der Waals surface area contributed by atoms with Crippen LogP contribution in [0.2, 0.25) is 0 Å². The van der Waals surface area contributed by atoms with Gasteiger partial charge in [-0.1, -0.05) is 18.2 Å². The molecule has 7 heteroatoms. The molecule has 1 heterocycles. The molecule has 1 aliphatic heterocycles. The second kappa shape index (κ2) is 11.0. The molecule has 0 bridgehead atoms. The predicted molar refractivity (Wildman–Crippen MR) is 125 cm³/mol. The highest BCUT2D eigenvalue weighted by atomic mass is 127. The number of nitrogens with zero attached hydrogens (tertiary/aromatic N) is 3. The number of piperazine rings is 1. The van der Waals surface area contributed by atoms with Crippen LogP contribution in [-0.2, 0) is 6.54 Å². The number of aliphatic imine (C=N–C) groups is 1. The third-order valence-electron chi connectivity index (χ3n) is 4.82. The van der Waals surface area contributed by atoms with Crippen molar-refractivity contribution in [2.24, 2.45) is 4.99 Å². The number of ether oxygens (including phenoxy) is 2. The van der Waals surface area contributed by atoms with Gasteiger partial charge >= 0.3 is 0 Å². The third kappa shape index (κ3) is 5.67. The molecule has 0 aromatic heterocycles. The largest absolute Gasteiger partial charge is 0.497 e. The topological polar surface area (TPSA) is 49.3 Å². The zero-order valence-corrected chi connectivity index (χ0v) is 19.1. The van der Waals surface area contributed by atoms with Gasteiger partial charge in [0.15, 0.2) is 5.96 Å². The minimum Gasteiger partial charge on any atom is -0.497 e. The fraction of sp³-hybridized carbons (Fsp3) is 0.381. The van der Waals surface area contributed by atoms with Gasteiger partial charge in [0.05, 0.1) is 14.2 Å². The Balaban J connectivity index is 0.00000280. The molecule has 0 aliphatic carbocycles. The summed E-state index contributed by atoms with van der Waals surface area (Å²) in [6.45, 7) is 4.51. The van der Waals surface area contributed by atoms with Crippen LogP contribution >= 0.6 is 24.0 Å². The van der Waals surface area contributed by atoms with Crippen LogP contribution in [0.15, 0.2) is 53.5 Å². The fourth-order valence-corrected chi connectivity index (χ4v) is 3.24. The lowest BCUT2D eigenvalue weighted by atomic mass is 10.2. The van der Waals surface area contributed by atoms with Crippen LogP contribution in [-0.4, -0.2) is 58.3 Å². The number of hydrogen-bond acceptors (Lipinski definition) is 4. The van der Waals surface area contributed by atoms with Gasteiger partial charge in [-0.2, -0.15) is 0 Å². The maximum absolute atomic E-state index is 5.34. The number of methoxy groups -OCH3 is 2. The Kier molecular flexibility index (Phi) is 8.69. The van der Waals surface area contributed by atoms with Gasteiger partial charge in [0, 0.05) is 51.5 Å². The first kappa shape index (κ1) is 22.1. The SMILES string of the molecule is CN=C(NCc1ccc(OC)cc1)N1CCN(c2cccc(OC)c2)CC1.I. The molecule has 0 unspecified atom stereocenters. The lowest BCUT2D eigenvalue weighted by Crippen LogP contribution is -2.52. The lowest BCUT2D eigenvalue weighted by Gasteiger charge is -2.37. The minimum absolute atomic E-state index is 0. The van der Waals surface area contributed by atoms with E-state index >= 15 is 0 Å². The molecule has 0 amide bonds. The molecule has 0 radical (unpaired) electrons. The highest BCUT2D eigenvalue weighted by molar-refractivity contribution is 14.0. The third-order valence-corrected chi connectivity index (χ3v) is 4.82. The number of halogens is 1. The van der Waals surface area contributed by atoms with Crippen LogP contribution < -0.4 is 19.7 Å². The van der Waals surface area contributed by atoms with Gasteiger partial charge in [-0.15, -0.1) is 24.0 Å². The molecule has 1 N–H and O–H groups in total. The van der Waals surface area contributed by atoms with E-state index in [1.807, 2.05) is 31.3 Å². The van der Waals surface area contributed by atoms with E-state index in [0.717, 1.165) is 50.2 Å². The number of hydrogen-bond donors (Lipinski definition) is 1. The van der Waals surface area contributed by atoms with E-state index in [0.29, 0.717) is 0 Å². The van der Waals surface area contributed by atoms with Crippen LogP contribution in [0.3, 0.4) is 0 Å². The molecule has 0 atom stereocenters. The Morgan fingerprint density at radius 1 is 0.964 bits per heavy atom. The zero-order valence-electron chi connectivity index (χ0n) is 16.7. The summed E-state index contributed by atoms with van der Waals surface area (Å²) in [4.78, 5) is 9.14. The van der Waals surface area contributed by atoms with Crippen LogP contribution in [0.25, 0.3) is 0 Å². The average Bonchev–Trinajstić information content (AvgIpc) is 2.75. The maximum atomic E-state index is 5.34. The number of rotatable bonds is 5. The highest BCUT2D eigenvalue weighted by Crippen LogP contribution is 2.22. The highest BCUT2D eigenvalue weighted by Gasteiger charge is 2.20. The molecule has 152 valence electrons. The number of nitrogens with one attached hydrogen (secondary N) is 1. The van der Waals surface area contributed by atoms with Crippen LogP contribution in [0.4, 0.5) is 5.69 Å². The molecular weight excluding hydrogens is 467 g/mol. The molecule has 0 saturated carbocycles. The van der Waals surface area contributed by atoms with Crippen LogP contribution in [0.1, 0.15) is 5.56 Å². The Labute approximate surface area is 184 Å². The summed E-state index contributed by atoms with van der Waals surface area (Å²) in [6.07, 6.45) is 0. The van der Waals surface area contributed by atoms with Gasteiger partial charge in [0.25, 0.3) is 0 Å². The van der Waals surface area contributed by atoms with Gasteiger partial charge < -0.3 is 24.6 Å². The quantitative estimate of drug-likeness (QED) is 0.392. The molecule has 2 aromatic rings. The van der Waals surface area contributed by atoms with Crippen LogP contribution in [0.5, 0.6) is 11.5 Å². The Morgan fingerprint density at radius 2 is 1.64 bits per heavy atom. The van der Waals surface area contributed by atoms with Gasteiger partial charge in [0.1, 0.15) is 11.5 Å². The van der Waals surface area contributed by atoms with Crippen molar-refractivity contribution in [3.8, 4) is 11.5 Å². The summed E-state index contributed by atoms with van der Waals surface area (Å²) in [6, 6.07) is 16.3. The Hall–Kier alpha value is -2.16. The van der Waals surface area contributed by atoms with Gasteiger partial charge in [-0.25, -0.2) is 0 Å². The normalized spacial score (nSPS) is 14.3. The van der Waals surface area contributed by atoms with E-state index in [-0.39, 0.29) is 24.0 Å². The maximum Gasteiger partial charge on any atom is 0.194 e. The van der Waals surface area contributed by atoms with E-state index in [4.69, 9.17) is 9.47 Å². The Morgan fingerprint density at radius 3 is 2.25 bits per heavy atom.